The van der Waals surface area contributed by atoms with Crippen LogP contribution in [0.5, 0.6) is 0 Å². The van der Waals surface area contributed by atoms with Gasteiger partial charge in [0.15, 0.2) is 17.0 Å². The zero-order valence-electron chi connectivity index (χ0n) is 11.6. The number of carbonyl (C=O) groups is 1. The van der Waals surface area contributed by atoms with Crippen LogP contribution in [0.25, 0.3) is 0 Å². The maximum Gasteiger partial charge on any atom is 0.332 e. The fourth-order valence-corrected chi connectivity index (χ4v) is 1.92. The zero-order valence-corrected chi connectivity index (χ0v) is 11.6. The molecule has 0 saturated heterocycles. The molecule has 9 nitrogen and oxygen atoms in total. The van der Waals surface area contributed by atoms with Crippen molar-refractivity contribution in [1.29, 1.82) is 0 Å². The Bertz CT molecular complexity index is 344. The van der Waals surface area contributed by atoms with E-state index in [0.717, 1.165) is 19.3 Å². The number of unbranched alkanes of at least 4 members (excludes halogenated alkanes) is 1. The maximum absolute atomic E-state index is 11.0. The van der Waals surface area contributed by atoms with E-state index in [1.807, 2.05) is 12.3 Å². The molecular formula is C11H23N5O4. The third-order valence-electron chi connectivity index (χ3n) is 2.93. The summed E-state index contributed by atoms with van der Waals surface area (Å²) in [7, 11) is 0. The van der Waals surface area contributed by atoms with Crippen molar-refractivity contribution in [3.05, 3.63) is 10.1 Å². The third-order valence-corrected chi connectivity index (χ3v) is 2.93. The molecule has 2 atom stereocenters. The van der Waals surface area contributed by atoms with E-state index >= 15 is 0 Å². The number of carboxylic acid groups (broad SMARTS) is 1. The predicted molar refractivity (Wildman–Crippen MR) is 74.5 cm³/mol. The fraction of sp³-hybridized carbons (Fsp3) is 0.818. The number of nitrogens with one attached hydrogen (secondary N) is 1. The minimum atomic E-state index is -1.23. The summed E-state index contributed by atoms with van der Waals surface area (Å²) in [6, 6.07) is -1.20. The highest BCUT2D eigenvalue weighted by Gasteiger charge is 2.26. The molecule has 0 aromatic carbocycles. The van der Waals surface area contributed by atoms with Crippen molar-refractivity contribution in [2.24, 2.45) is 22.4 Å². The summed E-state index contributed by atoms with van der Waals surface area (Å²) in [5, 5.41) is 18.5. The van der Waals surface area contributed by atoms with Crippen LogP contribution in [0.15, 0.2) is 4.99 Å². The van der Waals surface area contributed by atoms with Gasteiger partial charge in [0.25, 0.3) is 0 Å². The van der Waals surface area contributed by atoms with Crippen LogP contribution in [0.1, 0.15) is 39.0 Å². The molecule has 9 heteroatoms. The van der Waals surface area contributed by atoms with Gasteiger partial charge in [0.1, 0.15) is 0 Å². The van der Waals surface area contributed by atoms with Crippen LogP contribution in [0.2, 0.25) is 0 Å². The standard InChI is InChI=1S/C11H23N5O4/c1-2-3-4-8(5-6-14-11(12)13)7-9(10(17)18)15-16(19)20/h8-9,15H,2-7H2,1H3,(H,17,18)(H4,12,13,14)/t8?,9-/m0/s1. The number of carboxylic acids is 1. The Kier molecular flexibility index (Phi) is 8.80. The molecule has 0 aliphatic rings. The monoisotopic (exact) mass is 289 g/mol. The number of nitrogens with zero attached hydrogens (tertiary/aromatic N) is 2. The van der Waals surface area contributed by atoms with Crippen molar-refractivity contribution in [2.75, 3.05) is 6.54 Å². The Hall–Kier alpha value is -2.06. The second kappa shape index (κ2) is 9.82. The Morgan fingerprint density at radius 1 is 1.45 bits per heavy atom. The molecule has 0 amide bonds. The molecule has 0 bridgehead atoms. The van der Waals surface area contributed by atoms with Gasteiger partial charge in [-0.1, -0.05) is 26.2 Å². The zero-order chi connectivity index (χ0) is 15.5. The van der Waals surface area contributed by atoms with Crippen LogP contribution in [-0.2, 0) is 4.79 Å². The lowest BCUT2D eigenvalue weighted by Crippen LogP contribution is -2.41. The summed E-state index contributed by atoms with van der Waals surface area (Å²) >= 11 is 0. The van der Waals surface area contributed by atoms with Crippen LogP contribution >= 0.6 is 0 Å². The molecule has 0 aromatic rings. The fourth-order valence-electron chi connectivity index (χ4n) is 1.92. The molecule has 0 radical (unpaired) electrons. The molecule has 0 fully saturated rings. The van der Waals surface area contributed by atoms with Crippen LogP contribution < -0.4 is 16.9 Å². The lowest BCUT2D eigenvalue weighted by Gasteiger charge is -2.18. The number of rotatable bonds is 11. The van der Waals surface area contributed by atoms with E-state index in [0.29, 0.717) is 13.0 Å². The van der Waals surface area contributed by atoms with Gasteiger partial charge >= 0.3 is 5.97 Å². The molecule has 20 heavy (non-hydrogen) atoms. The van der Waals surface area contributed by atoms with E-state index in [4.69, 9.17) is 16.6 Å². The van der Waals surface area contributed by atoms with Gasteiger partial charge < -0.3 is 16.6 Å². The number of nitro groups is 1. The van der Waals surface area contributed by atoms with Gasteiger partial charge in [0, 0.05) is 6.54 Å². The summed E-state index contributed by atoms with van der Waals surface area (Å²) in [5.74, 6) is -1.23. The van der Waals surface area contributed by atoms with Crippen molar-refractivity contribution in [3.8, 4) is 0 Å². The number of hydrogen-bond donors (Lipinski definition) is 4. The highest BCUT2D eigenvalue weighted by Crippen LogP contribution is 2.19. The van der Waals surface area contributed by atoms with Crippen molar-refractivity contribution in [2.45, 2.75) is 45.1 Å². The normalized spacial score (nSPS) is 13.2. The van der Waals surface area contributed by atoms with Gasteiger partial charge in [0.05, 0.1) is 0 Å². The number of hydrazine groups is 1. The molecule has 0 spiro atoms. The highest BCUT2D eigenvalue weighted by atomic mass is 16.7. The molecular weight excluding hydrogens is 266 g/mol. The first-order chi connectivity index (χ1) is 9.36. The molecule has 0 aromatic heterocycles. The molecule has 0 saturated carbocycles. The molecule has 0 aliphatic carbocycles. The van der Waals surface area contributed by atoms with E-state index in [1.165, 1.54) is 0 Å². The summed E-state index contributed by atoms with van der Waals surface area (Å²) in [6.45, 7) is 2.42. The average molecular weight is 289 g/mol. The first-order valence-corrected chi connectivity index (χ1v) is 6.55. The summed E-state index contributed by atoms with van der Waals surface area (Å²) < 4.78 is 0. The van der Waals surface area contributed by atoms with Crippen molar-refractivity contribution >= 4 is 11.9 Å². The number of hydrogen-bond acceptors (Lipinski definition) is 4. The third kappa shape index (κ3) is 8.95. The van der Waals surface area contributed by atoms with E-state index in [9.17, 15) is 14.9 Å². The van der Waals surface area contributed by atoms with Gasteiger partial charge in [0.2, 0.25) is 0 Å². The van der Waals surface area contributed by atoms with Crippen LogP contribution in [0, 0.1) is 16.0 Å². The van der Waals surface area contributed by atoms with Gasteiger partial charge in [-0.25, -0.2) is 14.9 Å². The second-order valence-corrected chi connectivity index (χ2v) is 4.62. The average Bonchev–Trinajstić information content (AvgIpc) is 2.33. The molecule has 0 aliphatic heterocycles. The lowest BCUT2D eigenvalue weighted by atomic mass is 9.91. The molecule has 116 valence electrons. The van der Waals surface area contributed by atoms with E-state index in [1.54, 1.807) is 0 Å². The summed E-state index contributed by atoms with van der Waals surface area (Å²) in [4.78, 5) is 25.2. The molecule has 1 unspecified atom stereocenters. The van der Waals surface area contributed by atoms with Gasteiger partial charge in [-0.15, -0.1) is 5.43 Å². The van der Waals surface area contributed by atoms with Gasteiger partial charge in [-0.3, -0.25) is 4.99 Å². The summed E-state index contributed by atoms with van der Waals surface area (Å²) in [5.41, 5.74) is 12.3. The van der Waals surface area contributed by atoms with Crippen molar-refractivity contribution < 1.29 is 14.9 Å². The number of aliphatic imine (C=N–C) groups is 1. The Balaban J connectivity index is 4.52. The Morgan fingerprint density at radius 3 is 2.55 bits per heavy atom. The van der Waals surface area contributed by atoms with E-state index in [-0.39, 0.29) is 18.3 Å². The maximum atomic E-state index is 11.0. The van der Waals surface area contributed by atoms with E-state index in [2.05, 4.69) is 4.99 Å². The molecule has 0 rings (SSSR count). The topological polar surface area (TPSA) is 157 Å². The van der Waals surface area contributed by atoms with Crippen LogP contribution in [0.3, 0.4) is 0 Å². The van der Waals surface area contributed by atoms with Gasteiger partial charge in [-0.2, -0.15) is 0 Å². The van der Waals surface area contributed by atoms with Crippen molar-refractivity contribution in [1.82, 2.24) is 5.43 Å². The van der Waals surface area contributed by atoms with Crippen LogP contribution in [-0.4, -0.2) is 34.7 Å². The Morgan fingerprint density at radius 2 is 2.10 bits per heavy atom. The number of nitrogens with two attached hydrogens (primary N) is 2. The number of aliphatic carboxylic acids is 1. The highest BCUT2D eigenvalue weighted by molar-refractivity contribution is 5.75. The smallest absolute Gasteiger partial charge is 0.332 e. The van der Waals surface area contributed by atoms with Crippen LogP contribution in [0.4, 0.5) is 0 Å². The molecule has 0 heterocycles. The van der Waals surface area contributed by atoms with Crippen molar-refractivity contribution in [3.63, 3.8) is 0 Å². The van der Waals surface area contributed by atoms with Gasteiger partial charge in [-0.05, 0) is 18.8 Å². The minimum Gasteiger partial charge on any atom is -0.480 e. The second-order valence-electron chi connectivity index (χ2n) is 4.62. The lowest BCUT2D eigenvalue weighted by molar-refractivity contribution is -0.549. The quantitative estimate of drug-likeness (QED) is 0.181. The minimum absolute atomic E-state index is 0.0163. The number of guanidine groups is 1. The largest absolute Gasteiger partial charge is 0.480 e. The SMILES string of the molecule is CCCCC(CCN=C(N)N)C[C@H](N[N+](=O)[O-])C(=O)O. The first kappa shape index (κ1) is 17.9. The predicted octanol–water partition coefficient (Wildman–Crippen LogP) is 0.0809. The first-order valence-electron chi connectivity index (χ1n) is 6.55. The Labute approximate surface area is 117 Å². The van der Waals surface area contributed by atoms with E-state index < -0.39 is 17.0 Å². The summed E-state index contributed by atoms with van der Waals surface area (Å²) in [6.07, 6.45) is 3.47. The molecule has 6 N–H and O–H groups in total.